The van der Waals surface area contributed by atoms with Gasteiger partial charge in [-0.15, -0.1) is 0 Å². The summed E-state index contributed by atoms with van der Waals surface area (Å²) < 4.78 is 16.8. The number of esters is 1. The number of amides is 1. The molecule has 1 saturated heterocycles. The maximum Gasteiger partial charge on any atom is 0.305 e. The van der Waals surface area contributed by atoms with E-state index >= 15 is 0 Å². The second-order valence-electron chi connectivity index (χ2n) is 28.8. The molecule has 0 aromatic heterocycles. The van der Waals surface area contributed by atoms with E-state index in [1.807, 2.05) is 6.08 Å². The molecule has 562 valence electrons. The summed E-state index contributed by atoms with van der Waals surface area (Å²) in [5, 5.41) is 54.7. The molecular formula is C85H157NO10. The minimum Gasteiger partial charge on any atom is -0.466 e. The number of aliphatic hydroxyl groups is 5. The fraction of sp³-hybridized carbons (Fsp3) is 0.859. The summed E-state index contributed by atoms with van der Waals surface area (Å²) in [4.78, 5) is 25.2. The molecule has 0 aromatic carbocycles. The van der Waals surface area contributed by atoms with Crippen LogP contribution in [0.5, 0.6) is 0 Å². The van der Waals surface area contributed by atoms with E-state index in [-0.39, 0.29) is 18.5 Å². The quantitative estimate of drug-likeness (QED) is 0.0195. The highest BCUT2D eigenvalue weighted by Gasteiger charge is 2.44. The lowest BCUT2D eigenvalue weighted by Crippen LogP contribution is -2.60. The first-order valence-electron chi connectivity index (χ1n) is 41.6. The van der Waals surface area contributed by atoms with Crippen molar-refractivity contribution in [2.24, 2.45) is 0 Å². The van der Waals surface area contributed by atoms with Gasteiger partial charge in [0.1, 0.15) is 24.4 Å². The van der Waals surface area contributed by atoms with E-state index in [9.17, 15) is 35.1 Å². The maximum atomic E-state index is 13.1. The molecule has 1 fully saturated rings. The molecule has 0 aromatic rings. The molecular weight excluding hydrogens is 1190 g/mol. The van der Waals surface area contributed by atoms with Crippen molar-refractivity contribution in [3.63, 3.8) is 0 Å². The van der Waals surface area contributed by atoms with E-state index in [0.29, 0.717) is 19.4 Å². The number of unbranched alkanes of at least 4 members (excludes halogenated alkanes) is 52. The molecule has 1 amide bonds. The Morgan fingerprint density at radius 2 is 0.708 bits per heavy atom. The van der Waals surface area contributed by atoms with E-state index in [2.05, 4.69) is 67.8 Å². The Labute approximate surface area is 592 Å². The first-order valence-corrected chi connectivity index (χ1v) is 41.6. The van der Waals surface area contributed by atoms with E-state index < -0.39 is 49.5 Å². The predicted molar refractivity (Wildman–Crippen MR) is 407 cm³/mol. The van der Waals surface area contributed by atoms with Gasteiger partial charge in [-0.2, -0.15) is 0 Å². The number of nitrogens with one attached hydrogen (secondary N) is 1. The first kappa shape index (κ1) is 91.4. The van der Waals surface area contributed by atoms with E-state index in [0.717, 1.165) is 70.6 Å². The average molecular weight is 1350 g/mol. The largest absolute Gasteiger partial charge is 0.466 e. The molecule has 7 unspecified atom stereocenters. The molecule has 1 heterocycles. The van der Waals surface area contributed by atoms with Crippen LogP contribution in [0.15, 0.2) is 60.8 Å². The molecule has 0 saturated carbocycles. The fourth-order valence-electron chi connectivity index (χ4n) is 13.1. The summed E-state index contributed by atoms with van der Waals surface area (Å²) in [6.07, 6.45) is 89.7. The third-order valence-corrected chi connectivity index (χ3v) is 19.6. The maximum absolute atomic E-state index is 13.1. The lowest BCUT2D eigenvalue weighted by atomic mass is 9.99. The van der Waals surface area contributed by atoms with Crippen molar-refractivity contribution in [3.05, 3.63) is 60.8 Å². The summed E-state index contributed by atoms with van der Waals surface area (Å²) in [6, 6.07) is -0.809. The van der Waals surface area contributed by atoms with Crippen LogP contribution in [0.1, 0.15) is 406 Å². The molecule has 11 heteroatoms. The van der Waals surface area contributed by atoms with Crippen LogP contribution in [0.2, 0.25) is 0 Å². The zero-order valence-electron chi connectivity index (χ0n) is 62.8. The van der Waals surface area contributed by atoms with Crippen molar-refractivity contribution >= 4 is 11.9 Å². The Balaban J connectivity index is 1.92. The number of rotatable bonds is 74. The number of aliphatic hydroxyl groups excluding tert-OH is 5. The highest BCUT2D eigenvalue weighted by molar-refractivity contribution is 5.76. The van der Waals surface area contributed by atoms with Crippen molar-refractivity contribution < 1.29 is 49.3 Å². The molecule has 0 spiro atoms. The smallest absolute Gasteiger partial charge is 0.305 e. The van der Waals surface area contributed by atoms with Crippen molar-refractivity contribution in [2.45, 2.75) is 448 Å². The molecule has 0 radical (unpaired) electrons. The second-order valence-corrected chi connectivity index (χ2v) is 28.8. The van der Waals surface area contributed by atoms with E-state index in [4.69, 9.17) is 14.2 Å². The van der Waals surface area contributed by atoms with Gasteiger partial charge < -0.3 is 45.1 Å². The van der Waals surface area contributed by atoms with Crippen molar-refractivity contribution in [2.75, 3.05) is 19.8 Å². The van der Waals surface area contributed by atoms with Gasteiger partial charge in [-0.05, 0) is 89.9 Å². The Morgan fingerprint density at radius 1 is 0.385 bits per heavy atom. The topological polar surface area (TPSA) is 175 Å². The van der Waals surface area contributed by atoms with E-state index in [1.165, 1.54) is 308 Å². The molecule has 1 rings (SSSR count). The molecule has 0 aliphatic carbocycles. The van der Waals surface area contributed by atoms with Gasteiger partial charge in [0.2, 0.25) is 5.91 Å². The second kappa shape index (κ2) is 73.6. The number of hydrogen-bond acceptors (Lipinski definition) is 10. The highest BCUT2D eigenvalue weighted by atomic mass is 16.7. The van der Waals surface area contributed by atoms with Gasteiger partial charge in [0.05, 0.1) is 32.0 Å². The van der Waals surface area contributed by atoms with Crippen LogP contribution in [-0.2, 0) is 23.8 Å². The number of carbonyl (C=O) groups is 2. The molecule has 96 heavy (non-hydrogen) atoms. The summed E-state index contributed by atoms with van der Waals surface area (Å²) >= 11 is 0. The van der Waals surface area contributed by atoms with Gasteiger partial charge in [0.15, 0.2) is 6.29 Å². The van der Waals surface area contributed by atoms with Gasteiger partial charge in [0.25, 0.3) is 0 Å². The summed E-state index contributed by atoms with van der Waals surface area (Å²) in [5.41, 5.74) is 0. The number of hydrogen-bond donors (Lipinski definition) is 6. The zero-order valence-corrected chi connectivity index (χ0v) is 62.8. The summed E-state index contributed by atoms with van der Waals surface area (Å²) in [5.74, 6) is -0.176. The Kier molecular flexibility index (Phi) is 70.0. The van der Waals surface area contributed by atoms with Crippen molar-refractivity contribution in [1.82, 2.24) is 5.32 Å². The summed E-state index contributed by atoms with van der Waals surface area (Å²) in [7, 11) is 0. The van der Waals surface area contributed by atoms with Crippen molar-refractivity contribution in [3.8, 4) is 0 Å². The molecule has 6 N–H and O–H groups in total. The van der Waals surface area contributed by atoms with Crippen LogP contribution in [0, 0.1) is 0 Å². The highest BCUT2D eigenvalue weighted by Crippen LogP contribution is 2.24. The van der Waals surface area contributed by atoms with Gasteiger partial charge in [0, 0.05) is 12.8 Å². The lowest BCUT2D eigenvalue weighted by molar-refractivity contribution is -0.302. The van der Waals surface area contributed by atoms with Gasteiger partial charge in [-0.25, -0.2) is 0 Å². The van der Waals surface area contributed by atoms with Crippen LogP contribution in [0.25, 0.3) is 0 Å². The van der Waals surface area contributed by atoms with E-state index in [1.54, 1.807) is 6.08 Å². The Hall–Kier alpha value is -2.64. The van der Waals surface area contributed by atoms with Crippen molar-refractivity contribution in [1.29, 1.82) is 0 Å². The van der Waals surface area contributed by atoms with Crippen LogP contribution < -0.4 is 5.32 Å². The first-order chi connectivity index (χ1) is 47.2. The molecule has 1 aliphatic heterocycles. The standard InChI is InChI=1S/C85H157NO10/c1-3-5-7-9-11-13-15-17-44-47-51-55-59-63-67-71-78(88)77(76-95-85-84(93)83(92)82(91)79(75-87)96-85)86-80(89)72-68-64-60-56-52-48-45-42-40-38-36-34-32-30-28-26-24-22-20-19-21-23-25-27-29-31-33-35-37-39-41-43-46-50-54-58-62-66-70-74-94-81(90)73-69-65-61-57-53-49-18-16-14-12-10-8-6-4-2/h10,12,16,18-20,23,25,67,71,77-79,82-85,87-88,91-93H,3-9,11,13-15,17,21-22,24,26-66,68-70,72-76H2,1-2H3,(H,86,89)/b12-10-,18-16-,20-19-,25-23-,71-67+. The minimum atomic E-state index is -1.57. The SMILES string of the molecule is CCCC/C=C\C/C=C\CCCCCCCC(=O)OCCCCCCCCCCCCCCCCC/C=C\C/C=C\CCCCCCCCCCCCCCCCCCCC(=O)NC(COC1OC(CO)C(O)C(O)C1O)C(O)/C=C/CCCCCCCCCCCCCCC. The lowest BCUT2D eigenvalue weighted by Gasteiger charge is -2.40. The number of allylic oxidation sites excluding steroid dienone is 9. The number of ether oxygens (including phenoxy) is 3. The third kappa shape index (κ3) is 61.2. The molecule has 0 bridgehead atoms. The van der Waals surface area contributed by atoms with Gasteiger partial charge in [-0.3, -0.25) is 9.59 Å². The minimum absolute atomic E-state index is 0.0000937. The van der Waals surface area contributed by atoms with Crippen LogP contribution in [0.3, 0.4) is 0 Å². The molecule has 7 atom stereocenters. The van der Waals surface area contributed by atoms with Gasteiger partial charge >= 0.3 is 5.97 Å². The monoisotopic (exact) mass is 1350 g/mol. The van der Waals surface area contributed by atoms with Crippen LogP contribution >= 0.6 is 0 Å². The zero-order chi connectivity index (χ0) is 69.4. The fourth-order valence-corrected chi connectivity index (χ4v) is 13.1. The molecule has 11 nitrogen and oxygen atoms in total. The summed E-state index contributed by atoms with van der Waals surface area (Å²) in [6.45, 7) is 4.35. The normalized spacial score (nSPS) is 17.6. The van der Waals surface area contributed by atoms with Crippen LogP contribution in [0.4, 0.5) is 0 Å². The third-order valence-electron chi connectivity index (χ3n) is 19.6. The predicted octanol–water partition coefficient (Wildman–Crippen LogP) is 22.8. The van der Waals surface area contributed by atoms with Gasteiger partial charge in [-0.1, -0.05) is 364 Å². The number of carbonyl (C=O) groups excluding carboxylic acids is 2. The average Bonchev–Trinajstić information content (AvgIpc) is 1.45. The Bertz CT molecular complexity index is 1780. The molecule has 1 aliphatic rings. The van der Waals surface area contributed by atoms with Crippen LogP contribution in [-0.4, -0.2) is 100 Å². The Morgan fingerprint density at radius 3 is 1.08 bits per heavy atom.